The van der Waals surface area contributed by atoms with Crippen LogP contribution in [0.3, 0.4) is 0 Å². The topological polar surface area (TPSA) is 29.5 Å². The molecule has 1 aliphatic carbocycles. The van der Waals surface area contributed by atoms with E-state index in [-0.39, 0.29) is 5.92 Å². The van der Waals surface area contributed by atoms with E-state index in [0.29, 0.717) is 0 Å². The van der Waals surface area contributed by atoms with Crippen LogP contribution in [-0.4, -0.2) is 12.2 Å². The maximum Gasteiger partial charge on any atom is 0.119 e. The van der Waals surface area contributed by atoms with Crippen LogP contribution in [0.4, 0.5) is 0 Å². The largest absolute Gasteiger partial charge is 0.497 e. The molecule has 2 aromatic rings. The summed E-state index contributed by atoms with van der Waals surface area (Å²) in [6.45, 7) is 0. The van der Waals surface area contributed by atoms with Crippen molar-refractivity contribution in [1.29, 1.82) is 0 Å². The van der Waals surface area contributed by atoms with Gasteiger partial charge in [0.1, 0.15) is 5.75 Å². The van der Waals surface area contributed by atoms with Gasteiger partial charge in [0.15, 0.2) is 0 Å². The van der Waals surface area contributed by atoms with E-state index in [4.69, 9.17) is 4.74 Å². The Morgan fingerprint density at radius 3 is 2.63 bits per heavy atom. The van der Waals surface area contributed by atoms with Crippen molar-refractivity contribution < 1.29 is 9.84 Å². The van der Waals surface area contributed by atoms with E-state index >= 15 is 0 Å². The summed E-state index contributed by atoms with van der Waals surface area (Å²) in [5, 5.41) is 10.6. The second-order valence-electron chi connectivity index (χ2n) is 5.07. The molecule has 2 atom stereocenters. The van der Waals surface area contributed by atoms with Gasteiger partial charge in [-0.3, -0.25) is 0 Å². The van der Waals surface area contributed by atoms with Crippen molar-refractivity contribution in [2.24, 2.45) is 0 Å². The molecule has 0 bridgehead atoms. The van der Waals surface area contributed by atoms with Gasteiger partial charge in [0.05, 0.1) is 13.2 Å². The van der Waals surface area contributed by atoms with Gasteiger partial charge < -0.3 is 9.84 Å². The van der Waals surface area contributed by atoms with Gasteiger partial charge in [-0.2, -0.15) is 0 Å². The second-order valence-corrected chi connectivity index (χ2v) is 5.07. The van der Waals surface area contributed by atoms with E-state index in [1.165, 1.54) is 11.1 Å². The molecular weight excluding hydrogens is 236 g/mol. The van der Waals surface area contributed by atoms with Gasteiger partial charge in [0.2, 0.25) is 0 Å². The van der Waals surface area contributed by atoms with Crippen LogP contribution in [-0.2, 0) is 6.42 Å². The van der Waals surface area contributed by atoms with Gasteiger partial charge >= 0.3 is 0 Å². The van der Waals surface area contributed by atoms with Gasteiger partial charge in [-0.25, -0.2) is 0 Å². The molecule has 0 fully saturated rings. The molecule has 19 heavy (non-hydrogen) atoms. The van der Waals surface area contributed by atoms with Gasteiger partial charge in [0.25, 0.3) is 0 Å². The predicted octanol–water partition coefficient (Wildman–Crippen LogP) is 3.46. The molecule has 0 saturated carbocycles. The first kappa shape index (κ1) is 12.2. The normalized spacial score (nSPS) is 21.8. The van der Waals surface area contributed by atoms with Crippen molar-refractivity contribution in [3.8, 4) is 5.75 Å². The Bertz CT molecular complexity index is 563. The van der Waals surface area contributed by atoms with Crippen LogP contribution < -0.4 is 4.74 Å². The average molecular weight is 254 g/mol. The lowest BCUT2D eigenvalue weighted by atomic mass is 9.78. The molecular formula is C17H18O2. The fourth-order valence-electron chi connectivity index (χ4n) is 2.95. The summed E-state index contributed by atoms with van der Waals surface area (Å²) in [6.07, 6.45) is 1.55. The van der Waals surface area contributed by atoms with Crippen molar-refractivity contribution in [1.82, 2.24) is 0 Å². The van der Waals surface area contributed by atoms with Crippen molar-refractivity contribution in [2.45, 2.75) is 24.9 Å². The highest BCUT2D eigenvalue weighted by Crippen LogP contribution is 2.41. The van der Waals surface area contributed by atoms with Crippen LogP contribution in [0.25, 0.3) is 0 Å². The molecule has 0 spiro atoms. The van der Waals surface area contributed by atoms with Gasteiger partial charge in [0, 0.05) is 5.92 Å². The molecule has 98 valence electrons. The number of aliphatic hydroxyl groups is 1. The summed E-state index contributed by atoms with van der Waals surface area (Å²) in [4.78, 5) is 0. The second kappa shape index (κ2) is 5.06. The number of ether oxygens (including phenoxy) is 1. The minimum absolute atomic E-state index is 0.196. The fraction of sp³-hybridized carbons (Fsp3) is 0.294. The first-order valence-electron chi connectivity index (χ1n) is 6.69. The van der Waals surface area contributed by atoms with Crippen LogP contribution in [0.15, 0.2) is 48.5 Å². The van der Waals surface area contributed by atoms with E-state index in [0.717, 1.165) is 24.2 Å². The molecule has 2 heteroatoms. The van der Waals surface area contributed by atoms with E-state index in [1.807, 2.05) is 36.4 Å². The molecule has 0 unspecified atom stereocenters. The zero-order valence-corrected chi connectivity index (χ0v) is 11.0. The van der Waals surface area contributed by atoms with Crippen LogP contribution >= 0.6 is 0 Å². The van der Waals surface area contributed by atoms with Gasteiger partial charge in [-0.05, 0) is 41.7 Å². The predicted molar refractivity (Wildman–Crippen MR) is 75.5 cm³/mol. The Morgan fingerprint density at radius 2 is 1.89 bits per heavy atom. The lowest BCUT2D eigenvalue weighted by molar-refractivity contribution is 0.131. The monoisotopic (exact) mass is 254 g/mol. The Balaban J connectivity index is 1.94. The van der Waals surface area contributed by atoms with Crippen LogP contribution in [0.1, 0.15) is 35.1 Å². The molecule has 0 amide bonds. The summed E-state index contributed by atoms with van der Waals surface area (Å²) in [5.41, 5.74) is 3.47. The standard InChI is InChI=1S/C17H18O2/c1-19-14-8-10-16-13(11-14)7-9-15(17(16)18)12-5-3-2-4-6-12/h2-6,8,10-11,15,17-18H,7,9H2,1H3/t15-,17-/m0/s1. The first-order chi connectivity index (χ1) is 9.29. The number of rotatable bonds is 2. The molecule has 1 aliphatic rings. The fourth-order valence-corrected chi connectivity index (χ4v) is 2.95. The van der Waals surface area contributed by atoms with E-state index in [2.05, 4.69) is 12.1 Å². The van der Waals surface area contributed by atoms with Crippen molar-refractivity contribution in [3.63, 3.8) is 0 Å². The molecule has 1 N–H and O–H groups in total. The van der Waals surface area contributed by atoms with E-state index < -0.39 is 6.10 Å². The smallest absolute Gasteiger partial charge is 0.119 e. The molecule has 0 heterocycles. The Labute approximate surface area is 113 Å². The third-order valence-electron chi connectivity index (χ3n) is 4.00. The van der Waals surface area contributed by atoms with Crippen molar-refractivity contribution in [3.05, 3.63) is 65.2 Å². The Kier molecular flexibility index (Phi) is 3.26. The highest BCUT2D eigenvalue weighted by atomic mass is 16.5. The third kappa shape index (κ3) is 2.24. The lowest BCUT2D eigenvalue weighted by Crippen LogP contribution is -2.19. The molecule has 2 nitrogen and oxygen atoms in total. The minimum atomic E-state index is -0.419. The Hall–Kier alpha value is -1.80. The molecule has 0 aromatic heterocycles. The number of hydrogen-bond acceptors (Lipinski definition) is 2. The summed E-state index contributed by atoms with van der Waals surface area (Å²) in [7, 11) is 1.67. The maximum atomic E-state index is 10.6. The SMILES string of the molecule is COc1ccc2c(c1)CC[C@@H](c1ccccc1)[C@@H]2O. The molecule has 0 radical (unpaired) electrons. The van der Waals surface area contributed by atoms with Crippen molar-refractivity contribution in [2.75, 3.05) is 7.11 Å². The quantitative estimate of drug-likeness (QED) is 0.889. The number of aryl methyl sites for hydroxylation is 1. The van der Waals surface area contributed by atoms with Crippen LogP contribution in [0.5, 0.6) is 5.75 Å². The zero-order valence-electron chi connectivity index (χ0n) is 11.0. The first-order valence-corrected chi connectivity index (χ1v) is 6.69. The highest BCUT2D eigenvalue weighted by Gasteiger charge is 2.29. The van der Waals surface area contributed by atoms with Crippen molar-refractivity contribution >= 4 is 0 Å². The highest BCUT2D eigenvalue weighted by molar-refractivity contribution is 5.41. The molecule has 3 rings (SSSR count). The number of benzene rings is 2. The van der Waals surface area contributed by atoms with Crippen LogP contribution in [0, 0.1) is 0 Å². The van der Waals surface area contributed by atoms with Gasteiger partial charge in [-0.1, -0.05) is 36.4 Å². The number of hydrogen-bond donors (Lipinski definition) is 1. The lowest BCUT2D eigenvalue weighted by Gasteiger charge is -2.30. The average Bonchev–Trinajstić information content (AvgIpc) is 2.48. The zero-order chi connectivity index (χ0) is 13.2. The Morgan fingerprint density at radius 1 is 1.11 bits per heavy atom. The van der Waals surface area contributed by atoms with Crippen LogP contribution in [0.2, 0.25) is 0 Å². The maximum absolute atomic E-state index is 10.6. The molecule has 0 aliphatic heterocycles. The summed E-state index contributed by atoms with van der Waals surface area (Å²) < 4.78 is 5.25. The van der Waals surface area contributed by atoms with E-state index in [1.54, 1.807) is 7.11 Å². The summed E-state index contributed by atoms with van der Waals surface area (Å²) in [6, 6.07) is 16.2. The van der Waals surface area contributed by atoms with E-state index in [9.17, 15) is 5.11 Å². The third-order valence-corrected chi connectivity index (χ3v) is 4.00. The number of methoxy groups -OCH3 is 1. The molecule has 2 aromatic carbocycles. The number of aliphatic hydroxyl groups excluding tert-OH is 1. The van der Waals surface area contributed by atoms with Gasteiger partial charge in [-0.15, -0.1) is 0 Å². The summed E-state index contributed by atoms with van der Waals surface area (Å²) >= 11 is 0. The summed E-state index contributed by atoms with van der Waals surface area (Å²) in [5.74, 6) is 1.06. The minimum Gasteiger partial charge on any atom is -0.497 e. The number of fused-ring (bicyclic) bond motifs is 1. The molecule has 0 saturated heterocycles.